The molecule has 0 fully saturated rings. The first-order chi connectivity index (χ1) is 10.6. The van der Waals surface area contributed by atoms with Gasteiger partial charge in [0.15, 0.2) is 11.5 Å². The van der Waals surface area contributed by atoms with Gasteiger partial charge in [0.25, 0.3) is 5.91 Å². The molecule has 0 atom stereocenters. The molecule has 0 aliphatic heterocycles. The molecule has 0 spiro atoms. The highest BCUT2D eigenvalue weighted by atomic mass is 35.5. The minimum absolute atomic E-state index is 0.157. The number of halogens is 1. The molecular weight excluding hydrogens is 306 g/mol. The molecule has 1 amide bonds. The summed E-state index contributed by atoms with van der Waals surface area (Å²) in [6.07, 6.45) is 0. The van der Waals surface area contributed by atoms with Gasteiger partial charge in [-0.1, -0.05) is 17.7 Å². The van der Waals surface area contributed by atoms with Gasteiger partial charge in [-0.15, -0.1) is 0 Å². The molecular formula is C16H16ClNO4. The Kier molecular flexibility index (Phi) is 5.12. The van der Waals surface area contributed by atoms with Crippen molar-refractivity contribution in [2.45, 2.75) is 6.61 Å². The predicted molar refractivity (Wildman–Crippen MR) is 83.8 cm³/mol. The van der Waals surface area contributed by atoms with Crippen LogP contribution in [0.15, 0.2) is 36.4 Å². The van der Waals surface area contributed by atoms with Crippen LogP contribution in [-0.2, 0) is 6.61 Å². The number of benzene rings is 2. The molecule has 0 unspecified atom stereocenters. The van der Waals surface area contributed by atoms with Crippen molar-refractivity contribution >= 4 is 17.5 Å². The average Bonchev–Trinajstić information content (AvgIpc) is 2.52. The highest BCUT2D eigenvalue weighted by molar-refractivity contribution is 6.30. The molecule has 0 saturated heterocycles. The van der Waals surface area contributed by atoms with Gasteiger partial charge in [-0.2, -0.15) is 0 Å². The van der Waals surface area contributed by atoms with Crippen molar-refractivity contribution in [1.82, 2.24) is 0 Å². The summed E-state index contributed by atoms with van der Waals surface area (Å²) in [5.41, 5.74) is 6.36. The summed E-state index contributed by atoms with van der Waals surface area (Å²) in [5.74, 6) is 0.767. The molecule has 0 radical (unpaired) electrons. The van der Waals surface area contributed by atoms with Crippen LogP contribution in [0.2, 0.25) is 5.02 Å². The highest BCUT2D eigenvalue weighted by Gasteiger charge is 2.16. The normalized spacial score (nSPS) is 10.1. The zero-order chi connectivity index (χ0) is 16.1. The van der Waals surface area contributed by atoms with E-state index in [4.69, 9.17) is 31.5 Å². The van der Waals surface area contributed by atoms with Gasteiger partial charge in [-0.3, -0.25) is 4.79 Å². The largest absolute Gasteiger partial charge is 0.496 e. The van der Waals surface area contributed by atoms with E-state index in [9.17, 15) is 4.79 Å². The summed E-state index contributed by atoms with van der Waals surface area (Å²) in [4.78, 5) is 11.5. The quantitative estimate of drug-likeness (QED) is 0.887. The van der Waals surface area contributed by atoms with Crippen LogP contribution < -0.4 is 19.9 Å². The molecule has 5 nitrogen and oxygen atoms in total. The van der Waals surface area contributed by atoms with Gasteiger partial charge in [0, 0.05) is 10.6 Å². The number of amides is 1. The maximum absolute atomic E-state index is 11.5. The van der Waals surface area contributed by atoms with Gasteiger partial charge in [0.05, 0.1) is 19.8 Å². The third-order valence-electron chi connectivity index (χ3n) is 3.08. The Morgan fingerprint density at radius 2 is 1.86 bits per heavy atom. The Bertz CT molecular complexity index is 688. The molecule has 6 heteroatoms. The Morgan fingerprint density at radius 3 is 2.50 bits per heavy atom. The van der Waals surface area contributed by atoms with Gasteiger partial charge in [0.1, 0.15) is 12.4 Å². The van der Waals surface area contributed by atoms with Crippen molar-refractivity contribution in [1.29, 1.82) is 0 Å². The summed E-state index contributed by atoms with van der Waals surface area (Å²) < 4.78 is 16.2. The van der Waals surface area contributed by atoms with Gasteiger partial charge < -0.3 is 19.9 Å². The van der Waals surface area contributed by atoms with E-state index in [1.165, 1.54) is 7.11 Å². The van der Waals surface area contributed by atoms with E-state index in [1.807, 2.05) is 0 Å². The summed E-state index contributed by atoms with van der Waals surface area (Å²) >= 11 is 5.99. The van der Waals surface area contributed by atoms with Crippen molar-refractivity contribution in [3.8, 4) is 17.2 Å². The fourth-order valence-corrected chi connectivity index (χ4v) is 2.22. The smallest absolute Gasteiger partial charge is 0.252 e. The van der Waals surface area contributed by atoms with Crippen molar-refractivity contribution in [2.75, 3.05) is 14.2 Å². The molecule has 0 aliphatic rings. The standard InChI is InChI=1S/C16H16ClNO4/c1-20-13-7-6-11(17)8-10(13)9-22-15-12(16(18)19)4-3-5-14(15)21-2/h3-8H,9H2,1-2H3,(H2,18,19). The van der Waals surface area contributed by atoms with Crippen molar-refractivity contribution < 1.29 is 19.0 Å². The number of nitrogens with two attached hydrogens (primary N) is 1. The second kappa shape index (κ2) is 7.04. The van der Waals surface area contributed by atoms with Gasteiger partial charge in [-0.05, 0) is 30.3 Å². The van der Waals surface area contributed by atoms with Crippen molar-refractivity contribution in [3.05, 3.63) is 52.5 Å². The maximum atomic E-state index is 11.5. The summed E-state index contributed by atoms with van der Waals surface area (Å²) in [7, 11) is 3.05. The molecule has 2 rings (SSSR count). The number of carbonyl (C=O) groups is 1. The minimum Gasteiger partial charge on any atom is -0.496 e. The molecule has 0 bridgehead atoms. The summed E-state index contributed by atoms with van der Waals surface area (Å²) in [6, 6.07) is 10.2. The van der Waals surface area contributed by atoms with Crippen molar-refractivity contribution in [2.24, 2.45) is 5.73 Å². The van der Waals surface area contributed by atoms with Crippen LogP contribution in [0.3, 0.4) is 0 Å². The topological polar surface area (TPSA) is 70.8 Å². The fourth-order valence-electron chi connectivity index (χ4n) is 2.03. The number of carbonyl (C=O) groups excluding carboxylic acids is 1. The number of primary amides is 1. The van der Waals surface area contributed by atoms with Crippen LogP contribution in [0.25, 0.3) is 0 Å². The van der Waals surface area contributed by atoms with Crippen LogP contribution in [0.4, 0.5) is 0 Å². The van der Waals surface area contributed by atoms with E-state index < -0.39 is 5.91 Å². The lowest BCUT2D eigenvalue weighted by Gasteiger charge is -2.15. The lowest BCUT2D eigenvalue weighted by atomic mass is 10.1. The minimum atomic E-state index is -0.591. The third-order valence-corrected chi connectivity index (χ3v) is 3.31. The zero-order valence-electron chi connectivity index (χ0n) is 12.3. The Hall–Kier alpha value is -2.40. The number of para-hydroxylation sites is 1. The third kappa shape index (κ3) is 3.43. The van der Waals surface area contributed by atoms with Crippen LogP contribution in [0.1, 0.15) is 15.9 Å². The lowest BCUT2D eigenvalue weighted by molar-refractivity contribution is 0.0995. The summed E-state index contributed by atoms with van der Waals surface area (Å²) in [5, 5.41) is 0.564. The first-order valence-electron chi connectivity index (χ1n) is 6.48. The molecule has 0 heterocycles. The second-order valence-electron chi connectivity index (χ2n) is 4.45. The molecule has 22 heavy (non-hydrogen) atoms. The molecule has 0 aliphatic carbocycles. The first-order valence-corrected chi connectivity index (χ1v) is 6.86. The lowest BCUT2D eigenvalue weighted by Crippen LogP contribution is -2.13. The van der Waals surface area contributed by atoms with Crippen LogP contribution in [0.5, 0.6) is 17.2 Å². The molecule has 116 valence electrons. The van der Waals surface area contributed by atoms with E-state index in [2.05, 4.69) is 0 Å². The number of ether oxygens (including phenoxy) is 3. The molecule has 0 saturated carbocycles. The average molecular weight is 322 g/mol. The Balaban J connectivity index is 2.32. The summed E-state index contributed by atoms with van der Waals surface area (Å²) in [6.45, 7) is 0.157. The van der Waals surface area contributed by atoms with Crippen LogP contribution in [0, 0.1) is 0 Å². The maximum Gasteiger partial charge on any atom is 0.252 e. The highest BCUT2D eigenvalue weighted by Crippen LogP contribution is 2.32. The molecule has 2 aromatic carbocycles. The van der Waals surface area contributed by atoms with Crippen molar-refractivity contribution in [3.63, 3.8) is 0 Å². The van der Waals surface area contributed by atoms with E-state index in [0.717, 1.165) is 5.56 Å². The second-order valence-corrected chi connectivity index (χ2v) is 4.88. The van der Waals surface area contributed by atoms with Gasteiger partial charge in [-0.25, -0.2) is 0 Å². The van der Waals surface area contributed by atoms with E-state index in [0.29, 0.717) is 22.3 Å². The van der Waals surface area contributed by atoms with Crippen LogP contribution in [-0.4, -0.2) is 20.1 Å². The van der Waals surface area contributed by atoms with Gasteiger partial charge in [0.2, 0.25) is 0 Å². The monoisotopic (exact) mass is 321 g/mol. The SMILES string of the molecule is COc1ccc(Cl)cc1COc1c(OC)cccc1C(N)=O. The van der Waals surface area contributed by atoms with E-state index in [-0.39, 0.29) is 12.2 Å². The Morgan fingerprint density at radius 1 is 1.14 bits per heavy atom. The predicted octanol–water partition coefficient (Wildman–Crippen LogP) is 3.04. The first kappa shape index (κ1) is 16.0. The van der Waals surface area contributed by atoms with Gasteiger partial charge >= 0.3 is 0 Å². The van der Waals surface area contributed by atoms with Crippen LogP contribution >= 0.6 is 11.6 Å². The number of hydrogen-bond acceptors (Lipinski definition) is 4. The fraction of sp³-hybridized carbons (Fsp3) is 0.188. The number of rotatable bonds is 6. The molecule has 2 aromatic rings. The Labute approximate surface area is 133 Å². The molecule has 2 N–H and O–H groups in total. The number of methoxy groups -OCH3 is 2. The van der Waals surface area contributed by atoms with E-state index in [1.54, 1.807) is 43.5 Å². The van der Waals surface area contributed by atoms with E-state index >= 15 is 0 Å². The molecule has 0 aromatic heterocycles. The number of hydrogen-bond donors (Lipinski definition) is 1. The zero-order valence-corrected chi connectivity index (χ0v) is 13.0.